The third-order valence-electron chi connectivity index (χ3n) is 3.52. The SMILES string of the molecule is C/C(=C\Cc1c(C)nc(N)n2nnnc12)c1ccccc1. The molecule has 0 saturated heterocycles. The molecule has 2 aromatic heterocycles. The van der Waals surface area contributed by atoms with E-state index < -0.39 is 0 Å². The van der Waals surface area contributed by atoms with Gasteiger partial charge in [-0.05, 0) is 41.8 Å². The van der Waals surface area contributed by atoms with Crippen LogP contribution in [-0.4, -0.2) is 25.0 Å². The van der Waals surface area contributed by atoms with Crippen LogP contribution in [0.25, 0.3) is 11.2 Å². The lowest BCUT2D eigenvalue weighted by Crippen LogP contribution is -2.07. The van der Waals surface area contributed by atoms with Crippen molar-refractivity contribution >= 4 is 17.2 Å². The van der Waals surface area contributed by atoms with Gasteiger partial charge in [-0.25, -0.2) is 4.98 Å². The number of fused-ring (bicyclic) bond motifs is 1. The number of nitrogens with zero attached hydrogens (tertiary/aromatic N) is 5. The summed E-state index contributed by atoms with van der Waals surface area (Å²) in [7, 11) is 0. The molecule has 2 N–H and O–H groups in total. The third-order valence-corrected chi connectivity index (χ3v) is 3.52. The summed E-state index contributed by atoms with van der Waals surface area (Å²) in [5, 5.41) is 11.6. The molecule has 6 heteroatoms. The fourth-order valence-corrected chi connectivity index (χ4v) is 2.29. The zero-order chi connectivity index (χ0) is 14.8. The van der Waals surface area contributed by atoms with Crippen LogP contribution in [0, 0.1) is 6.92 Å². The van der Waals surface area contributed by atoms with Crippen molar-refractivity contribution in [2.75, 3.05) is 5.73 Å². The first kappa shape index (κ1) is 13.2. The van der Waals surface area contributed by atoms with Crippen molar-refractivity contribution in [2.45, 2.75) is 20.3 Å². The quantitative estimate of drug-likeness (QED) is 0.794. The van der Waals surface area contributed by atoms with Crippen molar-refractivity contribution in [3.8, 4) is 0 Å². The number of anilines is 1. The molecule has 0 fully saturated rings. The monoisotopic (exact) mass is 280 g/mol. The Bertz CT molecular complexity index is 804. The van der Waals surface area contributed by atoms with Gasteiger partial charge in [-0.15, -0.1) is 5.10 Å². The minimum absolute atomic E-state index is 0.306. The highest BCUT2D eigenvalue weighted by atomic mass is 15.5. The van der Waals surface area contributed by atoms with E-state index >= 15 is 0 Å². The number of nitrogen functional groups attached to an aromatic ring is 1. The van der Waals surface area contributed by atoms with Crippen LogP contribution in [0.4, 0.5) is 5.95 Å². The van der Waals surface area contributed by atoms with Crippen molar-refractivity contribution in [1.82, 2.24) is 25.0 Å². The van der Waals surface area contributed by atoms with E-state index in [0.29, 0.717) is 18.0 Å². The van der Waals surface area contributed by atoms with Crippen LogP contribution in [0.1, 0.15) is 23.7 Å². The molecule has 0 aliphatic heterocycles. The molecule has 0 spiro atoms. The molecule has 6 nitrogen and oxygen atoms in total. The Morgan fingerprint density at radius 3 is 2.81 bits per heavy atom. The molecule has 0 atom stereocenters. The largest absolute Gasteiger partial charge is 0.368 e. The van der Waals surface area contributed by atoms with Gasteiger partial charge in [0.15, 0.2) is 5.65 Å². The van der Waals surface area contributed by atoms with Gasteiger partial charge in [0.05, 0.1) is 0 Å². The number of aromatic nitrogens is 5. The topological polar surface area (TPSA) is 82.0 Å². The number of rotatable bonds is 3. The molecule has 0 aliphatic rings. The highest BCUT2D eigenvalue weighted by Gasteiger charge is 2.11. The van der Waals surface area contributed by atoms with Crippen molar-refractivity contribution in [3.05, 3.63) is 53.2 Å². The second-order valence-corrected chi connectivity index (χ2v) is 4.91. The number of allylic oxidation sites excluding steroid dienone is 2. The van der Waals surface area contributed by atoms with E-state index in [2.05, 4.69) is 45.6 Å². The fraction of sp³-hybridized carbons (Fsp3) is 0.200. The third kappa shape index (κ3) is 2.47. The Morgan fingerprint density at radius 2 is 2.05 bits per heavy atom. The Labute approximate surface area is 122 Å². The molecule has 0 unspecified atom stereocenters. The summed E-state index contributed by atoms with van der Waals surface area (Å²) in [6, 6.07) is 10.3. The standard InChI is InChI=1S/C15H16N6/c1-10(12-6-4-3-5-7-12)8-9-13-11(2)17-15(16)21-14(13)18-19-20-21/h3-8H,9H2,1-2H3,(H2,16,17)/b10-8+. The minimum atomic E-state index is 0.306. The first-order chi connectivity index (χ1) is 10.2. The molecular formula is C15H16N6. The van der Waals surface area contributed by atoms with Crippen LogP contribution in [0.3, 0.4) is 0 Å². The minimum Gasteiger partial charge on any atom is -0.368 e. The number of hydrogen-bond acceptors (Lipinski definition) is 5. The van der Waals surface area contributed by atoms with Gasteiger partial charge in [0.1, 0.15) is 0 Å². The average molecular weight is 280 g/mol. The second kappa shape index (κ2) is 5.32. The second-order valence-electron chi connectivity index (χ2n) is 4.91. The van der Waals surface area contributed by atoms with Gasteiger partial charge >= 0.3 is 0 Å². The van der Waals surface area contributed by atoms with E-state index in [9.17, 15) is 0 Å². The Kier molecular flexibility index (Phi) is 3.35. The summed E-state index contributed by atoms with van der Waals surface area (Å²) in [6.07, 6.45) is 2.87. The van der Waals surface area contributed by atoms with E-state index in [4.69, 9.17) is 5.73 Å². The molecular weight excluding hydrogens is 264 g/mol. The summed E-state index contributed by atoms with van der Waals surface area (Å²) < 4.78 is 1.47. The smallest absolute Gasteiger partial charge is 0.225 e. The van der Waals surface area contributed by atoms with Gasteiger partial charge in [0.2, 0.25) is 5.95 Å². The summed E-state index contributed by atoms with van der Waals surface area (Å²) in [5.74, 6) is 0.306. The fourth-order valence-electron chi connectivity index (χ4n) is 2.29. The Morgan fingerprint density at radius 1 is 1.29 bits per heavy atom. The molecule has 0 saturated carbocycles. The predicted octanol–water partition coefficient (Wildman–Crippen LogP) is 2.06. The Balaban J connectivity index is 1.97. The van der Waals surface area contributed by atoms with Crippen molar-refractivity contribution < 1.29 is 0 Å². The van der Waals surface area contributed by atoms with Gasteiger partial charge in [-0.3, -0.25) is 0 Å². The highest BCUT2D eigenvalue weighted by molar-refractivity contribution is 5.64. The van der Waals surface area contributed by atoms with Gasteiger partial charge in [-0.1, -0.05) is 36.4 Å². The maximum atomic E-state index is 5.81. The average Bonchev–Trinajstić information content (AvgIpc) is 2.97. The molecule has 3 aromatic rings. The summed E-state index contributed by atoms with van der Waals surface area (Å²) in [4.78, 5) is 4.29. The number of benzene rings is 1. The molecule has 106 valence electrons. The molecule has 1 aromatic carbocycles. The molecule has 3 rings (SSSR count). The number of tetrazole rings is 1. The maximum Gasteiger partial charge on any atom is 0.225 e. The normalized spacial score (nSPS) is 12.0. The van der Waals surface area contributed by atoms with Crippen LogP contribution in [-0.2, 0) is 6.42 Å². The van der Waals surface area contributed by atoms with E-state index in [-0.39, 0.29) is 0 Å². The zero-order valence-electron chi connectivity index (χ0n) is 12.0. The number of aryl methyl sites for hydroxylation is 1. The predicted molar refractivity (Wildman–Crippen MR) is 81.5 cm³/mol. The lowest BCUT2D eigenvalue weighted by molar-refractivity contribution is 0.814. The molecule has 0 aliphatic carbocycles. The maximum absolute atomic E-state index is 5.81. The van der Waals surface area contributed by atoms with Crippen molar-refractivity contribution in [1.29, 1.82) is 0 Å². The molecule has 0 radical (unpaired) electrons. The highest BCUT2D eigenvalue weighted by Crippen LogP contribution is 2.18. The lowest BCUT2D eigenvalue weighted by Gasteiger charge is -2.06. The summed E-state index contributed by atoms with van der Waals surface area (Å²) >= 11 is 0. The van der Waals surface area contributed by atoms with Crippen molar-refractivity contribution in [3.63, 3.8) is 0 Å². The van der Waals surface area contributed by atoms with E-state index in [0.717, 1.165) is 11.3 Å². The van der Waals surface area contributed by atoms with Crippen LogP contribution in [0.15, 0.2) is 36.4 Å². The van der Waals surface area contributed by atoms with Crippen LogP contribution in [0.2, 0.25) is 0 Å². The van der Waals surface area contributed by atoms with Gasteiger partial charge in [-0.2, -0.15) is 4.52 Å². The molecule has 21 heavy (non-hydrogen) atoms. The van der Waals surface area contributed by atoms with Crippen molar-refractivity contribution in [2.24, 2.45) is 0 Å². The van der Waals surface area contributed by atoms with Gasteiger partial charge in [0, 0.05) is 11.3 Å². The van der Waals surface area contributed by atoms with E-state index in [1.54, 1.807) is 0 Å². The van der Waals surface area contributed by atoms with Gasteiger partial charge < -0.3 is 5.73 Å². The molecule has 2 heterocycles. The lowest BCUT2D eigenvalue weighted by atomic mass is 10.0. The molecule has 0 amide bonds. The number of hydrogen-bond donors (Lipinski definition) is 1. The van der Waals surface area contributed by atoms with Crippen LogP contribution >= 0.6 is 0 Å². The molecule has 0 bridgehead atoms. The Hall–Kier alpha value is -2.76. The van der Waals surface area contributed by atoms with Crippen LogP contribution in [0.5, 0.6) is 0 Å². The van der Waals surface area contributed by atoms with Gasteiger partial charge in [0.25, 0.3) is 0 Å². The van der Waals surface area contributed by atoms with Crippen LogP contribution < -0.4 is 5.73 Å². The summed E-state index contributed by atoms with van der Waals surface area (Å²) in [5.41, 5.74) is 10.7. The van der Waals surface area contributed by atoms with E-state index in [1.165, 1.54) is 15.7 Å². The first-order valence-electron chi connectivity index (χ1n) is 6.72. The van der Waals surface area contributed by atoms with E-state index in [1.807, 2.05) is 25.1 Å². The number of nitrogens with two attached hydrogens (primary N) is 1. The summed E-state index contributed by atoms with van der Waals surface area (Å²) in [6.45, 7) is 4.01. The zero-order valence-corrected chi connectivity index (χ0v) is 12.0. The first-order valence-corrected chi connectivity index (χ1v) is 6.72.